The summed E-state index contributed by atoms with van der Waals surface area (Å²) >= 11 is 0. The normalized spacial score (nSPS) is 11.7. The third-order valence-corrected chi connectivity index (χ3v) is 1.49. The van der Waals surface area contributed by atoms with Crippen LogP contribution in [0.15, 0.2) is 12.2 Å². The van der Waals surface area contributed by atoms with Crippen LogP contribution in [0, 0.1) is 5.92 Å². The number of hydrogen-bond donors (Lipinski definition) is 1. The molecule has 0 aliphatic carbocycles. The van der Waals surface area contributed by atoms with Crippen LogP contribution < -0.4 is 5.32 Å². The number of allylic oxidation sites excluding steroid dienone is 1. The molecule has 0 bridgehead atoms. The molecule has 0 aromatic carbocycles. The highest BCUT2D eigenvalue weighted by Crippen LogP contribution is 1.94. The molecular formula is C10H21NO. The highest BCUT2D eigenvalue weighted by atomic mass is 16.5. The maximum atomic E-state index is 4.91. The van der Waals surface area contributed by atoms with Crippen molar-refractivity contribution in [2.45, 2.75) is 20.3 Å². The minimum Gasteiger partial charge on any atom is -0.383 e. The van der Waals surface area contributed by atoms with Crippen LogP contribution in [0.25, 0.3) is 0 Å². The lowest BCUT2D eigenvalue weighted by molar-refractivity contribution is 0.199. The first kappa shape index (κ1) is 11.7. The van der Waals surface area contributed by atoms with Crippen LogP contribution in [0.2, 0.25) is 0 Å². The van der Waals surface area contributed by atoms with Crippen molar-refractivity contribution < 1.29 is 4.74 Å². The van der Waals surface area contributed by atoms with E-state index in [2.05, 4.69) is 31.3 Å². The van der Waals surface area contributed by atoms with Crippen molar-refractivity contribution in [3.05, 3.63) is 12.2 Å². The molecule has 0 saturated heterocycles. The molecule has 1 N–H and O–H groups in total. The summed E-state index contributed by atoms with van der Waals surface area (Å²) in [6.45, 7) is 7.18. The first-order valence-electron chi connectivity index (χ1n) is 4.63. The average molecular weight is 171 g/mol. The van der Waals surface area contributed by atoms with Gasteiger partial charge in [-0.25, -0.2) is 0 Å². The fourth-order valence-electron chi connectivity index (χ4n) is 0.853. The molecule has 12 heavy (non-hydrogen) atoms. The van der Waals surface area contributed by atoms with Crippen LogP contribution in [0.3, 0.4) is 0 Å². The molecule has 0 unspecified atom stereocenters. The van der Waals surface area contributed by atoms with Crippen LogP contribution in [0.4, 0.5) is 0 Å². The Bertz CT molecular complexity index is 110. The van der Waals surface area contributed by atoms with Gasteiger partial charge >= 0.3 is 0 Å². The van der Waals surface area contributed by atoms with Gasteiger partial charge in [-0.2, -0.15) is 0 Å². The highest BCUT2D eigenvalue weighted by Gasteiger charge is 1.85. The van der Waals surface area contributed by atoms with Gasteiger partial charge in [0.25, 0.3) is 0 Å². The van der Waals surface area contributed by atoms with Crippen molar-refractivity contribution in [2.24, 2.45) is 5.92 Å². The van der Waals surface area contributed by atoms with Crippen molar-refractivity contribution in [1.82, 2.24) is 5.32 Å². The second-order valence-corrected chi connectivity index (χ2v) is 3.20. The van der Waals surface area contributed by atoms with Gasteiger partial charge in [0.1, 0.15) is 0 Å². The number of ether oxygens (including phenoxy) is 1. The van der Waals surface area contributed by atoms with Gasteiger partial charge in [-0.15, -0.1) is 0 Å². The van der Waals surface area contributed by atoms with E-state index < -0.39 is 0 Å². The van der Waals surface area contributed by atoms with Gasteiger partial charge < -0.3 is 10.1 Å². The van der Waals surface area contributed by atoms with E-state index in [1.807, 2.05) is 0 Å². The zero-order valence-corrected chi connectivity index (χ0v) is 8.47. The fraction of sp³-hybridized carbons (Fsp3) is 0.800. The fourth-order valence-corrected chi connectivity index (χ4v) is 0.853. The number of methoxy groups -OCH3 is 1. The third-order valence-electron chi connectivity index (χ3n) is 1.49. The molecule has 0 aliphatic rings. The molecular weight excluding hydrogens is 150 g/mol. The minimum absolute atomic E-state index is 0.670. The van der Waals surface area contributed by atoms with E-state index in [1.165, 1.54) is 0 Å². The molecule has 0 rings (SSSR count). The summed E-state index contributed by atoms with van der Waals surface area (Å²) in [7, 11) is 1.72. The lowest BCUT2D eigenvalue weighted by atomic mass is 10.2. The van der Waals surface area contributed by atoms with Gasteiger partial charge in [0, 0.05) is 13.7 Å². The smallest absolute Gasteiger partial charge is 0.0587 e. The van der Waals surface area contributed by atoms with E-state index in [9.17, 15) is 0 Å². The second-order valence-electron chi connectivity index (χ2n) is 3.20. The van der Waals surface area contributed by atoms with Crippen molar-refractivity contribution in [1.29, 1.82) is 0 Å². The number of rotatable bonds is 7. The molecule has 0 aromatic rings. The Kier molecular flexibility index (Phi) is 8.51. The van der Waals surface area contributed by atoms with E-state index in [0.29, 0.717) is 5.92 Å². The molecule has 2 nitrogen and oxygen atoms in total. The standard InChI is InChI=1S/C10H21NO/c1-10(2)6-4-5-7-11-8-9-12-3/h4,6,10-11H,5,7-9H2,1-3H3. The summed E-state index contributed by atoms with van der Waals surface area (Å²) < 4.78 is 4.91. The molecule has 0 heterocycles. The molecule has 0 radical (unpaired) electrons. The second kappa shape index (κ2) is 8.75. The summed E-state index contributed by atoms with van der Waals surface area (Å²) in [5, 5.41) is 3.28. The SMILES string of the molecule is COCCNCCC=CC(C)C. The van der Waals surface area contributed by atoms with Crippen molar-refractivity contribution in [2.75, 3.05) is 26.8 Å². The maximum absolute atomic E-state index is 4.91. The Morgan fingerprint density at radius 2 is 2.08 bits per heavy atom. The quantitative estimate of drug-likeness (QED) is 0.466. The van der Waals surface area contributed by atoms with Crippen LogP contribution >= 0.6 is 0 Å². The largest absolute Gasteiger partial charge is 0.383 e. The van der Waals surface area contributed by atoms with E-state index >= 15 is 0 Å². The van der Waals surface area contributed by atoms with Gasteiger partial charge in [-0.05, 0) is 18.9 Å². The maximum Gasteiger partial charge on any atom is 0.0587 e. The van der Waals surface area contributed by atoms with Crippen molar-refractivity contribution >= 4 is 0 Å². The van der Waals surface area contributed by atoms with Crippen LogP contribution in [0.5, 0.6) is 0 Å². The zero-order valence-electron chi connectivity index (χ0n) is 8.47. The van der Waals surface area contributed by atoms with Crippen molar-refractivity contribution in [3.8, 4) is 0 Å². The topological polar surface area (TPSA) is 21.3 Å². The van der Waals surface area contributed by atoms with Crippen LogP contribution in [0.1, 0.15) is 20.3 Å². The Hall–Kier alpha value is -0.340. The van der Waals surface area contributed by atoms with Crippen LogP contribution in [-0.2, 0) is 4.74 Å². The Balaban J connectivity index is 3.00. The van der Waals surface area contributed by atoms with Gasteiger partial charge in [0.05, 0.1) is 6.61 Å². The lowest BCUT2D eigenvalue weighted by Gasteiger charge is -2.00. The molecule has 0 atom stereocenters. The van der Waals surface area contributed by atoms with Crippen molar-refractivity contribution in [3.63, 3.8) is 0 Å². The average Bonchev–Trinajstić information content (AvgIpc) is 2.02. The first-order valence-corrected chi connectivity index (χ1v) is 4.63. The predicted octanol–water partition coefficient (Wildman–Crippen LogP) is 1.82. The third kappa shape index (κ3) is 9.66. The number of hydrogen-bond acceptors (Lipinski definition) is 2. The van der Waals surface area contributed by atoms with Gasteiger partial charge in [0.2, 0.25) is 0 Å². The Labute approximate surface area is 76.0 Å². The summed E-state index contributed by atoms with van der Waals surface area (Å²) in [5.74, 6) is 0.670. The summed E-state index contributed by atoms with van der Waals surface area (Å²) in [4.78, 5) is 0. The van der Waals surface area contributed by atoms with E-state index in [-0.39, 0.29) is 0 Å². The molecule has 0 saturated carbocycles. The molecule has 2 heteroatoms. The Morgan fingerprint density at radius 1 is 1.33 bits per heavy atom. The molecule has 0 aliphatic heterocycles. The van der Waals surface area contributed by atoms with E-state index in [1.54, 1.807) is 7.11 Å². The van der Waals surface area contributed by atoms with E-state index in [4.69, 9.17) is 4.74 Å². The molecule has 0 spiro atoms. The molecule has 0 fully saturated rings. The zero-order chi connectivity index (χ0) is 9.23. The monoisotopic (exact) mass is 171 g/mol. The molecule has 0 aromatic heterocycles. The Morgan fingerprint density at radius 3 is 2.67 bits per heavy atom. The summed E-state index contributed by atoms with van der Waals surface area (Å²) in [6, 6.07) is 0. The van der Waals surface area contributed by atoms with Gasteiger partial charge in [-0.3, -0.25) is 0 Å². The van der Waals surface area contributed by atoms with Gasteiger partial charge in [0.15, 0.2) is 0 Å². The highest BCUT2D eigenvalue weighted by molar-refractivity contribution is 4.84. The summed E-state index contributed by atoms with van der Waals surface area (Å²) in [6.07, 6.45) is 5.57. The lowest BCUT2D eigenvalue weighted by Crippen LogP contribution is -2.19. The van der Waals surface area contributed by atoms with Crippen LogP contribution in [-0.4, -0.2) is 26.8 Å². The summed E-state index contributed by atoms with van der Waals surface area (Å²) in [5.41, 5.74) is 0. The number of nitrogens with one attached hydrogen (secondary N) is 1. The van der Waals surface area contributed by atoms with Gasteiger partial charge in [-0.1, -0.05) is 26.0 Å². The predicted molar refractivity (Wildman–Crippen MR) is 53.3 cm³/mol. The first-order chi connectivity index (χ1) is 5.77. The van der Waals surface area contributed by atoms with E-state index in [0.717, 1.165) is 26.1 Å². The minimum atomic E-state index is 0.670. The molecule has 72 valence electrons. The molecule has 0 amide bonds.